The topological polar surface area (TPSA) is 80.3 Å². The summed E-state index contributed by atoms with van der Waals surface area (Å²) in [5.74, 6) is -0.489. The number of hydrogen-bond donors (Lipinski definition) is 2. The van der Waals surface area contributed by atoms with E-state index in [1.165, 1.54) is 18.4 Å². The maximum absolute atomic E-state index is 11.3. The van der Waals surface area contributed by atoms with Gasteiger partial charge < -0.3 is 15.4 Å². The summed E-state index contributed by atoms with van der Waals surface area (Å²) >= 11 is 1.36. The highest BCUT2D eigenvalue weighted by Gasteiger charge is 2.15. The van der Waals surface area contributed by atoms with E-state index in [1.54, 1.807) is 14.0 Å². The number of amides is 1. The molecule has 0 aliphatic rings. The van der Waals surface area contributed by atoms with Gasteiger partial charge in [0.25, 0.3) is 0 Å². The normalized spacial score (nSPS) is 9.82. The second-order valence-corrected chi connectivity index (χ2v) is 4.47. The first kappa shape index (κ1) is 13.4. The molecule has 0 aromatic carbocycles. The van der Waals surface area contributed by atoms with Crippen molar-refractivity contribution in [3.8, 4) is 0 Å². The Kier molecular flexibility index (Phi) is 4.89. The number of aromatic nitrogens is 1. The van der Waals surface area contributed by atoms with Crippen molar-refractivity contribution in [2.24, 2.45) is 0 Å². The number of ether oxygens (including phenoxy) is 1. The van der Waals surface area contributed by atoms with Gasteiger partial charge in [-0.2, -0.15) is 0 Å². The molecular weight excluding hydrogens is 242 g/mol. The van der Waals surface area contributed by atoms with Crippen molar-refractivity contribution in [3.63, 3.8) is 0 Å². The molecule has 1 aromatic heterocycles. The number of rotatable bonds is 5. The lowest BCUT2D eigenvalue weighted by Gasteiger charge is -2.00. The first-order valence-electron chi connectivity index (χ1n) is 5.08. The van der Waals surface area contributed by atoms with Crippen LogP contribution < -0.4 is 10.6 Å². The third kappa shape index (κ3) is 3.70. The average molecular weight is 257 g/mol. The number of carbonyl (C=O) groups is 2. The van der Waals surface area contributed by atoms with Crippen LogP contribution in [0.1, 0.15) is 21.8 Å². The molecule has 1 rings (SSSR count). The van der Waals surface area contributed by atoms with E-state index in [1.807, 2.05) is 0 Å². The highest BCUT2D eigenvalue weighted by Crippen LogP contribution is 2.22. The molecule has 94 valence electrons. The van der Waals surface area contributed by atoms with Gasteiger partial charge in [-0.05, 0) is 6.92 Å². The fraction of sp³-hybridized carbons (Fsp3) is 0.500. The Morgan fingerprint density at radius 3 is 2.76 bits per heavy atom. The number of thiazole rings is 1. The Balaban J connectivity index is 2.56. The third-order valence-corrected chi connectivity index (χ3v) is 3.01. The van der Waals surface area contributed by atoms with E-state index in [2.05, 4.69) is 20.4 Å². The van der Waals surface area contributed by atoms with Crippen LogP contribution >= 0.6 is 11.3 Å². The zero-order chi connectivity index (χ0) is 12.8. The summed E-state index contributed by atoms with van der Waals surface area (Å²) in [7, 11) is 2.91. The van der Waals surface area contributed by atoms with E-state index in [-0.39, 0.29) is 5.91 Å². The van der Waals surface area contributed by atoms with Gasteiger partial charge in [-0.1, -0.05) is 0 Å². The Hall–Kier alpha value is -1.63. The van der Waals surface area contributed by atoms with E-state index in [0.717, 1.165) is 4.88 Å². The molecule has 6 nitrogen and oxygen atoms in total. The van der Waals surface area contributed by atoms with Gasteiger partial charge in [0.15, 0.2) is 10.8 Å². The molecule has 0 unspecified atom stereocenters. The van der Waals surface area contributed by atoms with Crippen LogP contribution in [0.25, 0.3) is 0 Å². The predicted octanol–water partition coefficient (Wildman–Crippen LogP) is 0.786. The summed E-state index contributed by atoms with van der Waals surface area (Å²) in [5, 5.41) is 6.13. The summed E-state index contributed by atoms with van der Waals surface area (Å²) in [6.07, 6.45) is 0.364. The maximum atomic E-state index is 11.3. The fourth-order valence-corrected chi connectivity index (χ4v) is 1.99. The summed E-state index contributed by atoms with van der Waals surface area (Å²) < 4.78 is 4.60. The second-order valence-electron chi connectivity index (χ2n) is 3.27. The van der Waals surface area contributed by atoms with Crippen LogP contribution in [0.3, 0.4) is 0 Å². The van der Waals surface area contributed by atoms with E-state index >= 15 is 0 Å². The lowest BCUT2D eigenvalue weighted by atomic mass is 10.4. The second kappa shape index (κ2) is 6.19. The molecule has 7 heteroatoms. The molecule has 2 N–H and O–H groups in total. The summed E-state index contributed by atoms with van der Waals surface area (Å²) in [6, 6.07) is 0. The Morgan fingerprint density at radius 1 is 1.47 bits per heavy atom. The van der Waals surface area contributed by atoms with Gasteiger partial charge in [0.05, 0.1) is 7.11 Å². The minimum atomic E-state index is -0.446. The molecule has 0 saturated carbocycles. The van der Waals surface area contributed by atoms with Gasteiger partial charge in [0.1, 0.15) is 0 Å². The number of carbonyl (C=O) groups excluding carboxylic acids is 2. The van der Waals surface area contributed by atoms with E-state index in [9.17, 15) is 9.59 Å². The first-order chi connectivity index (χ1) is 8.08. The van der Waals surface area contributed by atoms with Crippen LogP contribution in [-0.4, -0.2) is 37.6 Å². The zero-order valence-corrected chi connectivity index (χ0v) is 10.8. The minimum Gasteiger partial charge on any atom is -0.464 e. The lowest BCUT2D eigenvalue weighted by molar-refractivity contribution is -0.120. The molecule has 1 heterocycles. The molecule has 0 bridgehead atoms. The molecule has 0 saturated heterocycles. The quantitative estimate of drug-likeness (QED) is 0.762. The van der Waals surface area contributed by atoms with E-state index < -0.39 is 5.97 Å². The number of nitrogens with zero attached hydrogens (tertiary/aromatic N) is 1. The molecule has 1 aromatic rings. The van der Waals surface area contributed by atoms with Gasteiger partial charge in [-0.15, -0.1) is 11.3 Å². The zero-order valence-electron chi connectivity index (χ0n) is 9.99. The summed E-state index contributed by atoms with van der Waals surface area (Å²) in [5.41, 5.74) is 0.319. The van der Waals surface area contributed by atoms with E-state index in [0.29, 0.717) is 23.8 Å². The molecule has 17 heavy (non-hydrogen) atoms. The van der Waals surface area contributed by atoms with Crippen molar-refractivity contribution in [2.75, 3.05) is 26.0 Å². The molecule has 0 atom stereocenters. The Bertz CT molecular complexity index is 417. The summed E-state index contributed by atoms with van der Waals surface area (Å²) in [4.78, 5) is 27.2. The molecule has 0 fully saturated rings. The number of hydrogen-bond acceptors (Lipinski definition) is 6. The smallest absolute Gasteiger partial charge is 0.357 e. The van der Waals surface area contributed by atoms with Crippen LogP contribution in [-0.2, 0) is 9.53 Å². The van der Waals surface area contributed by atoms with Gasteiger partial charge in [-0.25, -0.2) is 9.78 Å². The molecule has 0 radical (unpaired) electrons. The van der Waals surface area contributed by atoms with Crippen molar-refractivity contribution in [2.45, 2.75) is 13.3 Å². The molecule has 1 amide bonds. The van der Waals surface area contributed by atoms with Crippen LogP contribution in [0.5, 0.6) is 0 Å². The standard InChI is InChI=1S/C10H15N3O3S/c1-6-8(9(15)16-3)13-10(17-6)12-5-4-7(14)11-2/h4-5H2,1-3H3,(H,11,14)(H,12,13). The van der Waals surface area contributed by atoms with Crippen LogP contribution in [0.2, 0.25) is 0 Å². The van der Waals surface area contributed by atoms with Crippen molar-refractivity contribution >= 4 is 28.3 Å². The van der Waals surface area contributed by atoms with Crippen molar-refractivity contribution in [1.29, 1.82) is 0 Å². The fourth-order valence-electron chi connectivity index (χ4n) is 1.17. The van der Waals surface area contributed by atoms with Crippen LogP contribution in [0, 0.1) is 6.92 Å². The highest BCUT2D eigenvalue weighted by atomic mass is 32.1. The Morgan fingerprint density at radius 2 is 2.18 bits per heavy atom. The highest BCUT2D eigenvalue weighted by molar-refractivity contribution is 7.15. The van der Waals surface area contributed by atoms with Gasteiger partial charge in [-0.3, -0.25) is 4.79 Å². The van der Waals surface area contributed by atoms with Crippen molar-refractivity contribution < 1.29 is 14.3 Å². The van der Waals surface area contributed by atoms with Crippen molar-refractivity contribution in [1.82, 2.24) is 10.3 Å². The lowest BCUT2D eigenvalue weighted by Crippen LogP contribution is -2.20. The first-order valence-corrected chi connectivity index (χ1v) is 5.90. The van der Waals surface area contributed by atoms with Gasteiger partial charge in [0.2, 0.25) is 5.91 Å². The monoisotopic (exact) mass is 257 g/mol. The summed E-state index contributed by atoms with van der Waals surface area (Å²) in [6.45, 7) is 2.28. The minimum absolute atomic E-state index is 0.0426. The third-order valence-electron chi connectivity index (χ3n) is 2.08. The number of methoxy groups -OCH3 is 1. The predicted molar refractivity (Wildman–Crippen MR) is 65.4 cm³/mol. The average Bonchev–Trinajstić information content (AvgIpc) is 2.69. The largest absolute Gasteiger partial charge is 0.464 e. The number of aryl methyl sites for hydroxylation is 1. The van der Waals surface area contributed by atoms with Crippen molar-refractivity contribution in [3.05, 3.63) is 10.6 Å². The van der Waals surface area contributed by atoms with Gasteiger partial charge >= 0.3 is 5.97 Å². The van der Waals surface area contributed by atoms with Crippen LogP contribution in [0.15, 0.2) is 0 Å². The SMILES string of the molecule is CNC(=O)CCNc1nc(C(=O)OC)c(C)s1. The maximum Gasteiger partial charge on any atom is 0.357 e. The molecular formula is C10H15N3O3S. The number of esters is 1. The molecule has 0 aliphatic heterocycles. The molecule has 0 aliphatic carbocycles. The number of anilines is 1. The van der Waals surface area contributed by atoms with E-state index in [4.69, 9.17) is 0 Å². The number of nitrogens with one attached hydrogen (secondary N) is 2. The Labute approximate surface area is 103 Å². The molecule has 0 spiro atoms. The van der Waals surface area contributed by atoms with Gasteiger partial charge in [0, 0.05) is 24.9 Å². The van der Waals surface area contributed by atoms with Crippen LogP contribution in [0.4, 0.5) is 5.13 Å².